The predicted molar refractivity (Wildman–Crippen MR) is 388 cm³/mol. The summed E-state index contributed by atoms with van der Waals surface area (Å²) in [6, 6.07) is 125. The lowest BCUT2D eigenvalue weighted by molar-refractivity contribution is -0.671. The van der Waals surface area contributed by atoms with Crippen molar-refractivity contribution in [1.29, 1.82) is 0 Å². The van der Waals surface area contributed by atoms with Crippen LogP contribution in [0.1, 0.15) is 0 Å². The highest BCUT2D eigenvalue weighted by Crippen LogP contribution is 2.27. The van der Waals surface area contributed by atoms with Gasteiger partial charge in [-0.3, -0.25) is 0 Å². The van der Waals surface area contributed by atoms with Crippen LogP contribution in [0.5, 0.6) is 0 Å². The van der Waals surface area contributed by atoms with E-state index >= 15 is 0 Å². The summed E-state index contributed by atoms with van der Waals surface area (Å²) in [4.78, 5) is 0. The number of halogens is 4. The number of hydrogen-bond donors (Lipinski definition) is 0. The van der Waals surface area contributed by atoms with Gasteiger partial charge in [0.2, 0.25) is 0 Å². The molecule has 0 amide bonds. The minimum absolute atomic E-state index is 0. The summed E-state index contributed by atoms with van der Waals surface area (Å²) in [7, 11) is 8.13. The van der Waals surface area contributed by atoms with Gasteiger partial charge in [0.15, 0.2) is 49.6 Å². The molecule has 4 aromatic heterocycles. The number of rotatable bonds is 4. The molecule has 0 N–H and O–H groups in total. The van der Waals surface area contributed by atoms with E-state index in [0.29, 0.717) is 0 Å². The number of aryl methyl sites for hydroxylation is 4. The van der Waals surface area contributed by atoms with Gasteiger partial charge in [-0.05, 0) is 112 Å². The van der Waals surface area contributed by atoms with Crippen LogP contribution in [0.2, 0.25) is 0 Å². The van der Waals surface area contributed by atoms with Crippen molar-refractivity contribution >= 4 is 43.1 Å². The third-order valence-electron chi connectivity index (χ3n) is 14.9. The molecule has 0 saturated heterocycles. The third-order valence-corrected chi connectivity index (χ3v) is 14.9. The van der Waals surface area contributed by atoms with Crippen LogP contribution in [0.3, 0.4) is 0 Å². The van der Waals surface area contributed by atoms with Crippen molar-refractivity contribution in [3.8, 4) is 44.5 Å². The molecule has 16 aromatic rings. The molecule has 0 aliphatic carbocycles. The van der Waals surface area contributed by atoms with Gasteiger partial charge in [-0.25, -0.2) is 18.3 Å². The van der Waals surface area contributed by atoms with Crippen molar-refractivity contribution in [2.24, 2.45) is 28.2 Å². The second kappa shape index (κ2) is 44.0. The van der Waals surface area contributed by atoms with Crippen LogP contribution in [0.4, 0.5) is 0 Å². The quantitative estimate of drug-likeness (QED) is 0.125. The fourth-order valence-corrected chi connectivity index (χ4v) is 9.79. The second-order valence-corrected chi connectivity index (χ2v) is 21.9. The fraction of sp³-hybridized carbons (Fsp3) is 0.0455. The summed E-state index contributed by atoms with van der Waals surface area (Å²) in [5.74, 6) is 0. The van der Waals surface area contributed by atoms with Gasteiger partial charge in [-0.1, -0.05) is 291 Å². The van der Waals surface area contributed by atoms with Crippen molar-refractivity contribution in [3.63, 3.8) is 0 Å². The molecule has 0 aliphatic rings. The number of aromatic nitrogens is 4. The largest absolute Gasteiger partial charge is 1.00 e. The molecule has 12 aromatic carbocycles. The molecule has 0 radical (unpaired) electrons. The number of benzene rings is 12. The topological polar surface area (TPSA) is 15.5 Å². The number of hydrogen-bond acceptors (Lipinski definition) is 0. The SMILES string of the molecule is C[n+]1ccc(-c2ccc3ccccc3c2)cc1.C[n+]1ccc(-c2ccc3ccccc3c2)cc1.C[n+]1ccc(-c2ccc3ccccc3c2)cc1.C[n+]1ccc(-c2ccc3ccccc3c2)cc1.[I-].[I-].[I-].[I-].c1ccccc1.c1ccccc1.c1ccccc1.c1ccccc1. The van der Waals surface area contributed by atoms with Gasteiger partial charge in [-0.15, -0.1) is 0 Å². The number of pyridine rings is 4. The van der Waals surface area contributed by atoms with E-state index in [1.165, 1.54) is 87.6 Å². The monoisotopic (exact) mass is 1700 g/mol. The van der Waals surface area contributed by atoms with Gasteiger partial charge in [0.25, 0.3) is 0 Å². The van der Waals surface area contributed by atoms with E-state index in [1.807, 2.05) is 192 Å². The molecule has 4 heterocycles. The molecule has 0 bridgehead atoms. The van der Waals surface area contributed by atoms with E-state index in [2.05, 4.69) is 268 Å². The lowest BCUT2D eigenvalue weighted by Crippen LogP contribution is -3.00. The highest BCUT2D eigenvalue weighted by Gasteiger charge is 2.05. The van der Waals surface area contributed by atoms with Crippen LogP contribution >= 0.6 is 0 Å². The first-order valence-electron chi connectivity index (χ1n) is 31.1. The summed E-state index contributed by atoms with van der Waals surface area (Å²) in [5, 5.41) is 10.3. The first-order valence-corrected chi connectivity index (χ1v) is 31.1. The summed E-state index contributed by atoms with van der Waals surface area (Å²) >= 11 is 0. The highest BCUT2D eigenvalue weighted by atomic mass is 127. The average Bonchev–Trinajstić information content (AvgIpc) is 0.955. The Morgan fingerprint density at radius 3 is 0.417 bits per heavy atom. The molecule has 4 nitrogen and oxygen atoms in total. The average molecular weight is 1700 g/mol. The van der Waals surface area contributed by atoms with E-state index in [9.17, 15) is 0 Å². The third kappa shape index (κ3) is 26.4. The van der Waals surface area contributed by atoms with Gasteiger partial charge in [0.1, 0.15) is 28.2 Å². The van der Waals surface area contributed by atoms with Crippen LogP contribution in [0.25, 0.3) is 87.6 Å². The molecule has 0 unspecified atom stereocenters. The minimum Gasteiger partial charge on any atom is -1.00 e. The molecule has 0 atom stereocenters. The van der Waals surface area contributed by atoms with Gasteiger partial charge >= 0.3 is 0 Å². The Bertz CT molecular complexity index is 3990. The zero-order valence-electron chi connectivity index (χ0n) is 54.6. The van der Waals surface area contributed by atoms with Crippen LogP contribution in [0.15, 0.2) is 414 Å². The number of fused-ring (bicyclic) bond motifs is 4. The first kappa shape index (κ1) is 77.9. The molecule has 96 heavy (non-hydrogen) atoms. The van der Waals surface area contributed by atoms with Crippen molar-refractivity contribution in [2.45, 2.75) is 0 Å². The predicted octanol–water partition coefficient (Wildman–Crippen LogP) is 8.09. The molecule has 0 aliphatic heterocycles. The normalized spacial score (nSPS) is 9.54. The Hall–Kier alpha value is -8.80. The van der Waals surface area contributed by atoms with Gasteiger partial charge < -0.3 is 95.9 Å². The van der Waals surface area contributed by atoms with Crippen LogP contribution < -0.4 is 114 Å². The molecule has 8 heteroatoms. The molecule has 0 fully saturated rings. The number of nitrogens with zero attached hydrogens (tertiary/aromatic N) is 4. The summed E-state index contributed by atoms with van der Waals surface area (Å²) < 4.78 is 8.18. The highest BCUT2D eigenvalue weighted by molar-refractivity contribution is 5.90. The van der Waals surface area contributed by atoms with Crippen molar-refractivity contribution in [3.05, 3.63) is 414 Å². The Labute approximate surface area is 637 Å². The Balaban J connectivity index is 0.000000205. The van der Waals surface area contributed by atoms with Crippen LogP contribution in [-0.4, -0.2) is 0 Å². The molecular formula is C88H80I4N4. The first-order chi connectivity index (χ1) is 45.3. The van der Waals surface area contributed by atoms with Crippen LogP contribution in [-0.2, 0) is 28.2 Å². The molecule has 480 valence electrons. The van der Waals surface area contributed by atoms with Gasteiger partial charge in [0, 0.05) is 48.5 Å². The zero-order chi connectivity index (χ0) is 63.6. The molecule has 0 saturated carbocycles. The standard InChI is InChI=1S/4C16H14N.4C6H6.4HI/c4*1-17-10-8-14(9-11-17)16-7-6-13-4-2-3-5-15(13)12-16;4*1-2-4-6-5-3-1;;;;/h4*2-12H,1H3;4*1-6H;4*1H/q4*+1;;;;;;;;/p-4. The maximum Gasteiger partial charge on any atom is 0.169 e. The smallest absolute Gasteiger partial charge is 0.169 e. The fourth-order valence-electron chi connectivity index (χ4n) is 9.79. The lowest BCUT2D eigenvalue weighted by atomic mass is 10.0. The molecular weight excluding hydrogens is 1620 g/mol. The van der Waals surface area contributed by atoms with Crippen molar-refractivity contribution in [2.75, 3.05) is 0 Å². The van der Waals surface area contributed by atoms with Gasteiger partial charge in [-0.2, -0.15) is 0 Å². The maximum atomic E-state index is 2.24. The van der Waals surface area contributed by atoms with E-state index < -0.39 is 0 Å². The second-order valence-electron chi connectivity index (χ2n) is 21.9. The van der Waals surface area contributed by atoms with Gasteiger partial charge in [0.05, 0.1) is 0 Å². The zero-order valence-corrected chi connectivity index (χ0v) is 63.2. The molecule has 0 spiro atoms. The summed E-state index contributed by atoms with van der Waals surface area (Å²) in [6.45, 7) is 0. The Morgan fingerprint density at radius 2 is 0.271 bits per heavy atom. The van der Waals surface area contributed by atoms with E-state index in [0.717, 1.165) is 0 Å². The Kier molecular flexibility index (Phi) is 35.7. The van der Waals surface area contributed by atoms with E-state index in [4.69, 9.17) is 0 Å². The summed E-state index contributed by atoms with van der Waals surface area (Å²) in [6.07, 6.45) is 16.6. The lowest BCUT2D eigenvalue weighted by Gasteiger charge is -2.03. The minimum atomic E-state index is 0. The van der Waals surface area contributed by atoms with Crippen molar-refractivity contribution in [1.82, 2.24) is 0 Å². The van der Waals surface area contributed by atoms with Crippen LogP contribution in [0, 0.1) is 0 Å². The summed E-state index contributed by atoms with van der Waals surface area (Å²) in [5.41, 5.74) is 10.1. The van der Waals surface area contributed by atoms with E-state index in [1.54, 1.807) is 0 Å². The maximum absolute atomic E-state index is 2.24. The van der Waals surface area contributed by atoms with E-state index in [-0.39, 0.29) is 95.9 Å². The Morgan fingerprint density at radius 1 is 0.135 bits per heavy atom. The van der Waals surface area contributed by atoms with Crippen molar-refractivity contribution < 1.29 is 114 Å². The molecule has 16 rings (SSSR count).